The average molecular weight is 627 g/mol. The second-order valence-electron chi connectivity index (χ2n) is 9.63. The third-order valence-electron chi connectivity index (χ3n) is 5.56. The van der Waals surface area contributed by atoms with Crippen LogP contribution in [0.4, 0.5) is 13.2 Å². The molecule has 1 N–H and O–H groups in total. The van der Waals surface area contributed by atoms with Crippen LogP contribution in [0.5, 0.6) is 0 Å². The van der Waals surface area contributed by atoms with E-state index < -0.39 is 70.4 Å². The molecule has 6 nitrogen and oxygen atoms in total. The average Bonchev–Trinajstić information content (AvgIpc) is 2.86. The standard InChI is InChI=1S/C20H25ClF3NO5S.C6H5Cl.C2H6/c1-19(2,3)31(29)11-14(9-20(22,23)24)25-15(12-4-6-13(21)7-5-12)10-30-16(18(25)28)8-17(26)27;7-6-4-2-1-3-5-6;1-2/h4-7,14-16H,8-11H2,1-3H3,(H,26,27);1-5H;1-2H3. The Morgan fingerprint density at radius 1 is 1.05 bits per heavy atom. The summed E-state index contributed by atoms with van der Waals surface area (Å²) in [5, 5.41) is 10.3. The number of nitrogens with zero attached hydrogens (tertiary/aromatic N) is 1. The highest BCUT2D eigenvalue weighted by Crippen LogP contribution is 2.35. The number of benzene rings is 2. The number of amides is 1. The van der Waals surface area contributed by atoms with Gasteiger partial charge in [-0.15, -0.1) is 0 Å². The molecule has 0 radical (unpaired) electrons. The Kier molecular flexibility index (Phi) is 14.7. The predicted molar refractivity (Wildman–Crippen MR) is 153 cm³/mol. The number of carboxylic acid groups (broad SMARTS) is 1. The lowest BCUT2D eigenvalue weighted by atomic mass is 9.99. The van der Waals surface area contributed by atoms with E-state index in [0.717, 1.165) is 9.92 Å². The van der Waals surface area contributed by atoms with Gasteiger partial charge in [-0.05, 0) is 50.6 Å². The fourth-order valence-electron chi connectivity index (χ4n) is 3.70. The second-order valence-corrected chi connectivity index (χ2v) is 12.7. The van der Waals surface area contributed by atoms with Crippen LogP contribution in [-0.4, -0.2) is 61.5 Å². The van der Waals surface area contributed by atoms with Gasteiger partial charge in [0, 0.05) is 31.3 Å². The van der Waals surface area contributed by atoms with Crippen molar-refractivity contribution in [3.63, 3.8) is 0 Å². The highest BCUT2D eigenvalue weighted by molar-refractivity contribution is 7.86. The van der Waals surface area contributed by atoms with E-state index in [1.54, 1.807) is 32.9 Å². The van der Waals surface area contributed by atoms with E-state index in [2.05, 4.69) is 0 Å². The van der Waals surface area contributed by atoms with Gasteiger partial charge in [-0.3, -0.25) is 13.8 Å². The molecular formula is C28H36Cl2F3NO5S. The van der Waals surface area contributed by atoms with Crippen molar-refractivity contribution in [1.82, 2.24) is 4.90 Å². The first-order valence-electron chi connectivity index (χ1n) is 12.7. The minimum Gasteiger partial charge on any atom is -0.481 e. The molecule has 1 saturated heterocycles. The normalized spacial score (nSPS) is 18.9. The number of rotatable bonds is 7. The van der Waals surface area contributed by atoms with E-state index in [-0.39, 0.29) is 6.61 Å². The second kappa shape index (κ2) is 16.3. The molecule has 0 aliphatic carbocycles. The van der Waals surface area contributed by atoms with Gasteiger partial charge in [0.15, 0.2) is 0 Å². The molecule has 3 rings (SSSR count). The van der Waals surface area contributed by atoms with Crippen LogP contribution in [-0.2, 0) is 25.1 Å². The Bertz CT molecular complexity index is 1100. The topological polar surface area (TPSA) is 83.9 Å². The number of aliphatic carboxylic acids is 1. The van der Waals surface area contributed by atoms with Crippen LogP contribution in [0.3, 0.4) is 0 Å². The van der Waals surface area contributed by atoms with Gasteiger partial charge in [0.05, 0.1) is 31.5 Å². The van der Waals surface area contributed by atoms with E-state index >= 15 is 0 Å². The summed E-state index contributed by atoms with van der Waals surface area (Å²) in [7, 11) is -1.69. The molecule has 4 unspecified atom stereocenters. The number of hydrogen-bond donors (Lipinski definition) is 1. The number of alkyl halides is 3. The quantitative estimate of drug-likeness (QED) is 0.348. The molecule has 12 heteroatoms. The maximum Gasteiger partial charge on any atom is 0.391 e. The summed E-state index contributed by atoms with van der Waals surface area (Å²) in [6.45, 7) is 8.72. The van der Waals surface area contributed by atoms with Crippen molar-refractivity contribution in [2.75, 3.05) is 12.4 Å². The fourth-order valence-corrected chi connectivity index (χ4v) is 5.10. The van der Waals surface area contributed by atoms with E-state index in [1.165, 1.54) is 12.1 Å². The van der Waals surface area contributed by atoms with E-state index in [9.17, 15) is 27.0 Å². The van der Waals surface area contributed by atoms with Crippen LogP contribution < -0.4 is 0 Å². The Morgan fingerprint density at radius 2 is 1.57 bits per heavy atom. The van der Waals surface area contributed by atoms with Crippen molar-refractivity contribution in [2.45, 2.75) is 76.6 Å². The van der Waals surface area contributed by atoms with Gasteiger partial charge in [-0.25, -0.2) is 0 Å². The minimum atomic E-state index is -4.63. The highest BCUT2D eigenvalue weighted by Gasteiger charge is 2.46. The van der Waals surface area contributed by atoms with Gasteiger partial charge in [-0.1, -0.05) is 67.4 Å². The number of carboxylic acids is 1. The Balaban J connectivity index is 0.000000759. The lowest BCUT2D eigenvalue weighted by molar-refractivity contribution is -0.179. The van der Waals surface area contributed by atoms with Crippen LogP contribution in [0.2, 0.25) is 10.0 Å². The largest absolute Gasteiger partial charge is 0.481 e. The van der Waals surface area contributed by atoms with Gasteiger partial charge in [-0.2, -0.15) is 13.2 Å². The monoisotopic (exact) mass is 625 g/mol. The highest BCUT2D eigenvalue weighted by atomic mass is 35.5. The molecule has 40 heavy (non-hydrogen) atoms. The molecule has 0 saturated carbocycles. The Morgan fingerprint density at radius 3 is 2.00 bits per heavy atom. The van der Waals surface area contributed by atoms with Gasteiger partial charge < -0.3 is 14.7 Å². The Hall–Kier alpha value is -2.14. The summed E-state index contributed by atoms with van der Waals surface area (Å²) >= 11 is 11.4. The molecule has 1 fully saturated rings. The number of hydrogen-bond acceptors (Lipinski definition) is 4. The van der Waals surface area contributed by atoms with Crippen molar-refractivity contribution >= 4 is 45.9 Å². The molecule has 0 bridgehead atoms. The lowest BCUT2D eigenvalue weighted by Crippen LogP contribution is -2.57. The van der Waals surface area contributed by atoms with Crippen LogP contribution in [0.1, 0.15) is 59.1 Å². The molecule has 1 heterocycles. The molecule has 0 spiro atoms. The molecule has 1 aliphatic heterocycles. The van der Waals surface area contributed by atoms with Crippen molar-refractivity contribution in [3.05, 3.63) is 70.2 Å². The van der Waals surface area contributed by atoms with Crippen LogP contribution in [0, 0.1) is 0 Å². The molecule has 224 valence electrons. The molecule has 0 aromatic heterocycles. The summed E-state index contributed by atoms with van der Waals surface area (Å²) in [6, 6.07) is 13.3. The van der Waals surface area contributed by atoms with Crippen molar-refractivity contribution < 1.29 is 36.8 Å². The number of carbonyl (C=O) groups excluding carboxylic acids is 1. The number of halogens is 5. The minimum absolute atomic E-state index is 0.193. The van der Waals surface area contributed by atoms with Crippen molar-refractivity contribution in [1.29, 1.82) is 0 Å². The van der Waals surface area contributed by atoms with Crippen LogP contribution in [0.25, 0.3) is 0 Å². The van der Waals surface area contributed by atoms with Crippen LogP contribution >= 0.6 is 23.2 Å². The van der Waals surface area contributed by atoms with Gasteiger partial charge in [0.1, 0.15) is 6.10 Å². The fraction of sp³-hybridized carbons (Fsp3) is 0.500. The smallest absolute Gasteiger partial charge is 0.391 e. The first-order valence-corrected chi connectivity index (χ1v) is 14.7. The number of morpholine rings is 1. The molecule has 1 aliphatic rings. The Labute approximate surface area is 246 Å². The zero-order chi connectivity index (χ0) is 30.7. The van der Waals surface area contributed by atoms with E-state index in [0.29, 0.717) is 10.6 Å². The molecule has 2 aromatic carbocycles. The first-order chi connectivity index (χ1) is 18.6. The predicted octanol–water partition coefficient (Wildman–Crippen LogP) is 7.32. The van der Waals surface area contributed by atoms with E-state index in [1.807, 2.05) is 44.2 Å². The lowest BCUT2D eigenvalue weighted by Gasteiger charge is -2.44. The van der Waals surface area contributed by atoms with Crippen molar-refractivity contribution in [2.24, 2.45) is 0 Å². The SMILES string of the molecule is CC.CC(C)(C)S(=O)CC(CC(F)(F)F)N1C(=O)C(CC(=O)O)OCC1c1ccc(Cl)cc1.Clc1ccccc1. The third kappa shape index (κ3) is 12.2. The summed E-state index contributed by atoms with van der Waals surface area (Å²) < 4.78 is 57.7. The zero-order valence-electron chi connectivity index (χ0n) is 23.1. The molecular weight excluding hydrogens is 590 g/mol. The van der Waals surface area contributed by atoms with E-state index in [4.69, 9.17) is 33.0 Å². The maximum atomic E-state index is 13.4. The van der Waals surface area contributed by atoms with Crippen LogP contribution in [0.15, 0.2) is 54.6 Å². The van der Waals surface area contributed by atoms with Gasteiger partial charge in [0.2, 0.25) is 0 Å². The van der Waals surface area contributed by atoms with Crippen molar-refractivity contribution in [3.8, 4) is 0 Å². The summed E-state index contributed by atoms with van der Waals surface area (Å²) in [4.78, 5) is 25.2. The molecule has 2 aromatic rings. The molecule has 1 amide bonds. The molecule has 4 atom stereocenters. The third-order valence-corrected chi connectivity index (χ3v) is 8.11. The summed E-state index contributed by atoms with van der Waals surface area (Å²) in [5.74, 6) is -2.58. The van der Waals surface area contributed by atoms with Gasteiger partial charge >= 0.3 is 12.1 Å². The summed E-state index contributed by atoms with van der Waals surface area (Å²) in [5.41, 5.74) is 0.486. The maximum absolute atomic E-state index is 13.4. The zero-order valence-corrected chi connectivity index (χ0v) is 25.4. The number of ether oxygens (including phenoxy) is 1. The number of carbonyl (C=O) groups is 2. The first kappa shape index (κ1) is 35.9. The van der Waals surface area contributed by atoms with Gasteiger partial charge in [0.25, 0.3) is 5.91 Å². The summed E-state index contributed by atoms with van der Waals surface area (Å²) in [6.07, 6.45) is -8.09.